The molecule has 0 unspecified atom stereocenters. The summed E-state index contributed by atoms with van der Waals surface area (Å²) in [7, 11) is 6.37. The molecule has 9 heteroatoms. The van der Waals surface area contributed by atoms with Gasteiger partial charge in [-0.15, -0.1) is 0 Å². The van der Waals surface area contributed by atoms with Gasteiger partial charge in [0, 0.05) is 41.6 Å². The fraction of sp³-hybridized carbons (Fsp3) is 0.765. The number of ether oxygens (including phenoxy) is 4. The molecule has 0 fully saturated rings. The van der Waals surface area contributed by atoms with Crippen molar-refractivity contribution >= 4 is 19.0 Å². The molecule has 0 amide bonds. The maximum Gasteiger partial charge on any atom is 0.502 e. The molecule has 156 valence electrons. The van der Waals surface area contributed by atoms with E-state index in [2.05, 4.69) is 13.2 Å². The minimum atomic E-state index is -2.44. The van der Waals surface area contributed by atoms with Crippen LogP contribution in [0.5, 0.6) is 0 Å². The van der Waals surface area contributed by atoms with E-state index < -0.39 is 14.2 Å². The zero-order chi connectivity index (χ0) is 20.6. The summed E-state index contributed by atoms with van der Waals surface area (Å²) >= 11 is 0. The van der Waals surface area contributed by atoms with Gasteiger partial charge in [0.25, 0.3) is 0 Å². The van der Waals surface area contributed by atoms with Gasteiger partial charge in [0.1, 0.15) is 0 Å². The van der Waals surface area contributed by atoms with Gasteiger partial charge in [0.15, 0.2) is 5.41 Å². The highest BCUT2D eigenvalue weighted by Crippen LogP contribution is 2.12. The second kappa shape index (κ2) is 15.7. The van der Waals surface area contributed by atoms with Crippen LogP contribution in [-0.4, -0.2) is 86.4 Å². The fourth-order valence-electron chi connectivity index (χ4n) is 1.61. The Labute approximate surface area is 163 Å². The first-order chi connectivity index (χ1) is 12.1. The van der Waals surface area contributed by atoms with Gasteiger partial charge in [-0.1, -0.05) is 24.3 Å². The highest BCUT2D eigenvalue weighted by molar-refractivity contribution is 6.60. The zero-order valence-corrected chi connectivity index (χ0v) is 20.8. The Balaban J connectivity index is 0. The van der Waals surface area contributed by atoms with Crippen molar-refractivity contribution in [3.63, 3.8) is 0 Å². The third-order valence-corrected chi connectivity index (χ3v) is 7.20. The average Bonchev–Trinajstić information content (AvgIpc) is 2.62. The highest BCUT2D eigenvalue weighted by Gasteiger charge is 2.37. The molecule has 0 bridgehead atoms. The summed E-state index contributed by atoms with van der Waals surface area (Å²) in [6.45, 7) is 13.5. The molecule has 26 heavy (non-hydrogen) atoms. The lowest BCUT2D eigenvalue weighted by Crippen LogP contribution is -2.43. The molecule has 0 aromatic carbocycles. The van der Waals surface area contributed by atoms with E-state index in [1.54, 1.807) is 35.5 Å². The van der Waals surface area contributed by atoms with Crippen LogP contribution in [0.4, 0.5) is 0 Å². The van der Waals surface area contributed by atoms with Crippen molar-refractivity contribution < 1.29 is 32.2 Å². The first-order valence-electron chi connectivity index (χ1n) is 8.34. The number of methoxy groups -OCH3 is 2. The quantitative estimate of drug-likeness (QED) is 0.185. The van der Waals surface area contributed by atoms with Crippen LogP contribution >= 0.6 is 0 Å². The van der Waals surface area contributed by atoms with Crippen LogP contribution in [0, 0.1) is 0 Å². The van der Waals surface area contributed by atoms with Gasteiger partial charge in [-0.25, -0.2) is 0 Å². The van der Waals surface area contributed by atoms with E-state index in [9.17, 15) is 0 Å². The Hall–Kier alpha value is -0.366. The molecule has 0 saturated carbocycles. The van der Waals surface area contributed by atoms with Gasteiger partial charge < -0.3 is 32.2 Å². The van der Waals surface area contributed by atoms with Gasteiger partial charge in [0.2, 0.25) is 0 Å². The van der Waals surface area contributed by atoms with E-state index in [4.69, 9.17) is 32.2 Å². The number of hydrogen-bond donors (Lipinski definition) is 0. The van der Waals surface area contributed by atoms with Crippen molar-refractivity contribution in [2.75, 3.05) is 62.0 Å². The van der Waals surface area contributed by atoms with Crippen LogP contribution in [0.2, 0.25) is 6.04 Å². The van der Waals surface area contributed by atoms with Crippen LogP contribution in [0.15, 0.2) is 24.3 Å². The van der Waals surface area contributed by atoms with Gasteiger partial charge in [-0.2, -0.15) is 0 Å². The maximum atomic E-state index is 5.35. The average molecular weight is 411 g/mol. The third-order valence-electron chi connectivity index (χ3n) is 3.41. The van der Waals surface area contributed by atoms with Crippen molar-refractivity contribution in [2.24, 2.45) is 0 Å². The second-order valence-corrected chi connectivity index (χ2v) is 10.7. The molecule has 0 aromatic rings. The van der Waals surface area contributed by atoms with Crippen molar-refractivity contribution in [3.05, 3.63) is 24.3 Å². The van der Waals surface area contributed by atoms with Crippen molar-refractivity contribution in [1.29, 1.82) is 0 Å². The molecule has 0 aliphatic carbocycles. The van der Waals surface area contributed by atoms with E-state index >= 15 is 0 Å². The molecule has 0 heterocycles. The molecule has 0 spiro atoms. The monoisotopic (exact) mass is 410 g/mol. The third kappa shape index (κ3) is 13.8. The summed E-state index contributed by atoms with van der Waals surface area (Å²) in [6, 6.07) is 0.657. The van der Waals surface area contributed by atoms with Gasteiger partial charge in [-0.3, -0.25) is 0 Å². The molecule has 0 radical (unpaired) electrons. The Morgan fingerprint density at radius 3 is 1.62 bits per heavy atom. The lowest BCUT2D eigenvalue weighted by molar-refractivity contribution is -0.174. The first kappa shape index (κ1) is 27.8. The molecule has 0 aliphatic rings. The standard InChI is InChI=1S/C9H20O4Si.C8H18O3Si/c1-9(2)8-13-6-7-14(10-3,11-4)12-5;1-7(2)5-11-6-8(12,9-3)10-4/h1,6-8H2,2-5H3;1,5-6H2,2-4,12H3. The van der Waals surface area contributed by atoms with Crippen LogP contribution in [0.1, 0.15) is 13.8 Å². The summed E-state index contributed by atoms with van der Waals surface area (Å²) < 4.78 is 36.7. The summed E-state index contributed by atoms with van der Waals surface area (Å²) in [5, 5.41) is 0. The predicted octanol–water partition coefficient (Wildman–Crippen LogP) is 1.35. The van der Waals surface area contributed by atoms with Crippen LogP contribution in [0.3, 0.4) is 0 Å². The molecule has 0 aliphatic heterocycles. The van der Waals surface area contributed by atoms with Crippen LogP contribution < -0.4 is 0 Å². The SMILES string of the molecule is C=C(C)COCC([SiH3])(OC)OC.C=C(C)COCC[Si](OC)(OC)OC. The van der Waals surface area contributed by atoms with Crippen LogP contribution in [-0.2, 0) is 32.2 Å². The van der Waals surface area contributed by atoms with Gasteiger partial charge in [-0.05, 0) is 13.8 Å². The van der Waals surface area contributed by atoms with Crippen molar-refractivity contribution in [1.82, 2.24) is 0 Å². The van der Waals surface area contributed by atoms with E-state index in [1.807, 2.05) is 13.8 Å². The topological polar surface area (TPSA) is 64.6 Å². The molecule has 0 saturated heterocycles. The smallest absolute Gasteiger partial charge is 0.377 e. The normalized spacial score (nSPS) is 11.8. The molecule has 0 rings (SSSR count). The lowest BCUT2D eigenvalue weighted by Gasteiger charge is -2.26. The Morgan fingerprint density at radius 1 is 0.846 bits per heavy atom. The Bertz CT molecular complexity index is 375. The highest BCUT2D eigenvalue weighted by atomic mass is 28.4. The molecular formula is C17H38O7Si2. The summed E-state index contributed by atoms with van der Waals surface area (Å²) in [5.41, 5.74) is 1.51. The molecule has 0 N–H and O–H groups in total. The molecular weight excluding hydrogens is 372 g/mol. The number of rotatable bonds is 14. The summed E-state index contributed by atoms with van der Waals surface area (Å²) in [6.07, 6.45) is 0. The molecule has 0 aromatic heterocycles. The Kier molecular flexibility index (Phi) is 16.8. The Morgan fingerprint density at radius 2 is 1.27 bits per heavy atom. The lowest BCUT2D eigenvalue weighted by atomic mass is 10.4. The summed E-state index contributed by atoms with van der Waals surface area (Å²) in [5.74, 6) is 0. The van der Waals surface area contributed by atoms with E-state index in [0.717, 1.165) is 21.4 Å². The fourth-order valence-corrected chi connectivity index (χ4v) is 3.32. The van der Waals surface area contributed by atoms with Crippen LogP contribution in [0.25, 0.3) is 0 Å². The maximum absolute atomic E-state index is 5.35. The summed E-state index contributed by atoms with van der Waals surface area (Å²) in [4.78, 5) is 0. The largest absolute Gasteiger partial charge is 0.502 e. The predicted molar refractivity (Wildman–Crippen MR) is 110 cm³/mol. The van der Waals surface area contributed by atoms with Gasteiger partial charge in [0.05, 0.1) is 36.7 Å². The van der Waals surface area contributed by atoms with E-state index in [1.165, 1.54) is 0 Å². The molecule has 7 nitrogen and oxygen atoms in total. The van der Waals surface area contributed by atoms with Gasteiger partial charge >= 0.3 is 8.80 Å². The van der Waals surface area contributed by atoms with E-state index in [-0.39, 0.29) is 0 Å². The minimum Gasteiger partial charge on any atom is -0.377 e. The van der Waals surface area contributed by atoms with E-state index in [0.29, 0.717) is 32.5 Å². The molecule has 0 atom stereocenters. The van der Waals surface area contributed by atoms with Crippen molar-refractivity contribution in [2.45, 2.75) is 25.3 Å². The second-order valence-electron chi connectivity index (χ2n) is 6.05. The zero-order valence-electron chi connectivity index (χ0n) is 17.8. The minimum absolute atomic E-state index is 0.471. The number of hydrogen-bond acceptors (Lipinski definition) is 7. The van der Waals surface area contributed by atoms with Crippen molar-refractivity contribution in [3.8, 4) is 0 Å². The first-order valence-corrected chi connectivity index (χ1v) is 11.3.